The summed E-state index contributed by atoms with van der Waals surface area (Å²) >= 11 is 12.2. The molecule has 9 nitrogen and oxygen atoms in total. The molecule has 4 aromatic rings. The fourth-order valence-corrected chi connectivity index (χ4v) is 7.66. The lowest BCUT2D eigenvalue weighted by molar-refractivity contribution is -0.125. The Bertz CT molecular complexity index is 1840. The number of amides is 1. The van der Waals surface area contributed by atoms with Crippen molar-refractivity contribution in [2.75, 3.05) is 43.9 Å². The number of hydrogen-bond acceptors (Lipinski definition) is 7. The number of likely N-dealkylation sites (N-methyl/N-ethyl adjacent to an activating group) is 1. The number of benzene rings is 2. The quantitative estimate of drug-likeness (QED) is 0.220. The van der Waals surface area contributed by atoms with Crippen LogP contribution in [0.1, 0.15) is 31.2 Å². The smallest absolute Gasteiger partial charge is 0.262 e. The Kier molecular flexibility index (Phi) is 7.75. The van der Waals surface area contributed by atoms with Crippen LogP contribution in [0.2, 0.25) is 10.0 Å². The van der Waals surface area contributed by atoms with Gasteiger partial charge in [0.25, 0.3) is 10.0 Å². The van der Waals surface area contributed by atoms with Crippen LogP contribution in [0, 0.1) is 0 Å². The largest absolute Gasteiger partial charge is 0.476 e. The highest BCUT2D eigenvalue weighted by Gasteiger charge is 2.54. The number of carbonyl (C=O) groups excluding carboxylic acids is 1. The molecule has 12 heteroatoms. The zero-order valence-corrected chi connectivity index (χ0v) is 26.4. The number of aromatic nitrogens is 2. The molecule has 3 heterocycles. The third kappa shape index (κ3) is 5.42. The van der Waals surface area contributed by atoms with E-state index in [9.17, 15) is 13.2 Å². The zero-order valence-electron chi connectivity index (χ0n) is 24.0. The third-order valence-electron chi connectivity index (χ3n) is 8.17. The lowest BCUT2D eigenvalue weighted by Crippen LogP contribution is -2.43. The highest BCUT2D eigenvalue weighted by molar-refractivity contribution is 7.92. The Labute approximate surface area is 260 Å². The van der Waals surface area contributed by atoms with Crippen molar-refractivity contribution >= 4 is 61.4 Å². The molecular formula is C31H31Cl2N5O4S. The van der Waals surface area contributed by atoms with Crippen LogP contribution < -0.4 is 14.4 Å². The number of anilines is 2. The minimum absolute atomic E-state index is 0.0825. The van der Waals surface area contributed by atoms with Crippen molar-refractivity contribution in [2.45, 2.75) is 36.0 Å². The van der Waals surface area contributed by atoms with Gasteiger partial charge < -0.3 is 14.5 Å². The van der Waals surface area contributed by atoms with Crippen molar-refractivity contribution in [1.82, 2.24) is 14.9 Å². The van der Waals surface area contributed by atoms with Gasteiger partial charge in [-0.2, -0.15) is 0 Å². The molecule has 1 N–H and O–H groups in total. The van der Waals surface area contributed by atoms with E-state index in [2.05, 4.69) is 14.7 Å². The summed E-state index contributed by atoms with van der Waals surface area (Å²) in [4.78, 5) is 26.1. The maximum atomic E-state index is 13.4. The second kappa shape index (κ2) is 11.2. The average molecular weight is 641 g/mol. The van der Waals surface area contributed by atoms with Crippen molar-refractivity contribution in [2.24, 2.45) is 0 Å². The number of ether oxygens (including phenoxy) is 1. The van der Waals surface area contributed by atoms with Gasteiger partial charge in [0.2, 0.25) is 11.8 Å². The standard InChI is InChI=1S/C31H31Cl2N5O4S/c1-37(2)10-5-11-42-29-26(36-43(40,41)23-15-21(32)14-22(33)16-23)13-20(17-35-29)19-6-7-25-24(12-19)28-27(18-34-25)38(3)30(39)31(28)8-4-9-31/h6-7,12-18,36H,4-5,8-11H2,1-3H3. The number of sulfonamides is 1. The van der Waals surface area contributed by atoms with Gasteiger partial charge in [-0.1, -0.05) is 35.7 Å². The van der Waals surface area contributed by atoms with Gasteiger partial charge in [-0.3, -0.25) is 14.5 Å². The van der Waals surface area contributed by atoms with Crippen LogP contribution in [0.4, 0.5) is 11.4 Å². The molecule has 0 radical (unpaired) electrons. The van der Waals surface area contributed by atoms with Gasteiger partial charge in [0.05, 0.1) is 34.3 Å². The Hall–Kier alpha value is -3.44. The van der Waals surface area contributed by atoms with E-state index >= 15 is 0 Å². The molecule has 1 saturated carbocycles. The molecule has 1 fully saturated rings. The van der Waals surface area contributed by atoms with Crippen molar-refractivity contribution in [3.05, 3.63) is 70.5 Å². The summed E-state index contributed by atoms with van der Waals surface area (Å²) in [6.07, 6.45) is 6.79. The van der Waals surface area contributed by atoms with Gasteiger partial charge in [0, 0.05) is 46.3 Å². The van der Waals surface area contributed by atoms with Crippen LogP contribution >= 0.6 is 23.2 Å². The molecule has 2 aliphatic rings. The first-order chi connectivity index (χ1) is 20.5. The number of halogens is 2. The second-order valence-electron chi connectivity index (χ2n) is 11.3. The van der Waals surface area contributed by atoms with E-state index in [1.807, 2.05) is 37.2 Å². The van der Waals surface area contributed by atoms with Crippen LogP contribution in [0.3, 0.4) is 0 Å². The zero-order chi connectivity index (χ0) is 30.5. The number of hydrogen-bond donors (Lipinski definition) is 1. The molecule has 43 heavy (non-hydrogen) atoms. The van der Waals surface area contributed by atoms with E-state index in [0.29, 0.717) is 12.2 Å². The summed E-state index contributed by atoms with van der Waals surface area (Å²) in [7, 11) is 1.65. The van der Waals surface area contributed by atoms with Crippen LogP contribution in [0.5, 0.6) is 5.88 Å². The average Bonchev–Trinajstić information content (AvgIpc) is 3.17. The lowest BCUT2D eigenvalue weighted by atomic mass is 9.64. The monoisotopic (exact) mass is 639 g/mol. The number of fused-ring (bicyclic) bond motifs is 4. The molecule has 0 saturated heterocycles. The summed E-state index contributed by atoms with van der Waals surface area (Å²) in [6.45, 7) is 1.15. The Morgan fingerprint density at radius 3 is 2.44 bits per heavy atom. The van der Waals surface area contributed by atoms with E-state index in [1.165, 1.54) is 18.2 Å². The number of nitrogens with one attached hydrogen (secondary N) is 1. The number of nitrogens with zero attached hydrogens (tertiary/aromatic N) is 4. The highest BCUT2D eigenvalue weighted by atomic mass is 35.5. The second-order valence-corrected chi connectivity index (χ2v) is 13.9. The first-order valence-corrected chi connectivity index (χ1v) is 16.2. The molecular weight excluding hydrogens is 609 g/mol. The Morgan fingerprint density at radius 1 is 1.02 bits per heavy atom. The van der Waals surface area contributed by atoms with Crippen molar-refractivity contribution < 1.29 is 17.9 Å². The van der Waals surface area contributed by atoms with Gasteiger partial charge in [-0.05, 0) is 75.3 Å². The minimum Gasteiger partial charge on any atom is -0.476 e. The first kappa shape index (κ1) is 29.6. The SMILES string of the molecule is CN(C)CCCOc1ncc(-c2ccc3ncc4c(c3c2)C2(CCC2)C(=O)N4C)cc1NS(=O)(=O)c1cc(Cl)cc(Cl)c1. The maximum Gasteiger partial charge on any atom is 0.262 e. The topological polar surface area (TPSA) is 105 Å². The molecule has 1 amide bonds. The van der Waals surface area contributed by atoms with Crippen molar-refractivity contribution in [3.8, 4) is 17.0 Å². The van der Waals surface area contributed by atoms with Gasteiger partial charge in [0.15, 0.2) is 0 Å². The van der Waals surface area contributed by atoms with E-state index in [0.717, 1.165) is 59.9 Å². The van der Waals surface area contributed by atoms with Crippen LogP contribution in [0.15, 0.2) is 59.8 Å². The highest BCUT2D eigenvalue weighted by Crippen LogP contribution is 2.55. The van der Waals surface area contributed by atoms with E-state index < -0.39 is 15.4 Å². The van der Waals surface area contributed by atoms with Crippen LogP contribution in [0.25, 0.3) is 22.0 Å². The Morgan fingerprint density at radius 2 is 1.77 bits per heavy atom. The van der Waals surface area contributed by atoms with Crippen LogP contribution in [-0.4, -0.2) is 63.5 Å². The normalized spacial score (nSPS) is 15.7. The van der Waals surface area contributed by atoms with E-state index in [1.54, 1.807) is 30.4 Å². The lowest BCUT2D eigenvalue weighted by Gasteiger charge is -2.37. The number of carbonyl (C=O) groups is 1. The van der Waals surface area contributed by atoms with Crippen molar-refractivity contribution in [1.29, 1.82) is 0 Å². The molecule has 2 aromatic carbocycles. The number of rotatable bonds is 9. The van der Waals surface area contributed by atoms with Crippen molar-refractivity contribution in [3.63, 3.8) is 0 Å². The van der Waals surface area contributed by atoms with E-state index in [4.69, 9.17) is 27.9 Å². The molecule has 0 unspecified atom stereocenters. The molecule has 224 valence electrons. The predicted octanol–water partition coefficient (Wildman–Crippen LogP) is 6.13. The summed E-state index contributed by atoms with van der Waals surface area (Å²) in [5.74, 6) is 0.270. The molecule has 0 atom stereocenters. The molecule has 0 bridgehead atoms. The molecule has 1 aliphatic carbocycles. The molecule has 6 rings (SSSR count). The summed E-state index contributed by atoms with van der Waals surface area (Å²) < 4.78 is 35.4. The Balaban J connectivity index is 1.41. The van der Waals surface area contributed by atoms with Crippen LogP contribution in [-0.2, 0) is 20.2 Å². The fourth-order valence-electron chi connectivity index (χ4n) is 5.89. The third-order valence-corrected chi connectivity index (χ3v) is 9.95. The molecule has 2 aromatic heterocycles. The fraction of sp³-hybridized carbons (Fsp3) is 0.323. The van der Waals surface area contributed by atoms with Gasteiger partial charge in [0.1, 0.15) is 5.69 Å². The molecule has 1 spiro atoms. The number of pyridine rings is 2. The first-order valence-electron chi connectivity index (χ1n) is 14.0. The van der Waals surface area contributed by atoms with Gasteiger partial charge >= 0.3 is 0 Å². The minimum atomic E-state index is -4.09. The van der Waals surface area contributed by atoms with Gasteiger partial charge in [-0.25, -0.2) is 13.4 Å². The van der Waals surface area contributed by atoms with Gasteiger partial charge in [-0.15, -0.1) is 0 Å². The summed E-state index contributed by atoms with van der Waals surface area (Å²) in [5.41, 5.74) is 3.79. The van der Waals surface area contributed by atoms with E-state index in [-0.39, 0.29) is 32.4 Å². The summed E-state index contributed by atoms with van der Waals surface area (Å²) in [5, 5.41) is 1.31. The maximum absolute atomic E-state index is 13.4. The summed E-state index contributed by atoms with van der Waals surface area (Å²) in [6, 6.07) is 11.7. The molecule has 1 aliphatic heterocycles. The predicted molar refractivity (Wildman–Crippen MR) is 170 cm³/mol.